The summed E-state index contributed by atoms with van der Waals surface area (Å²) in [7, 11) is 0. The largest absolute Gasteiger partial charge is 2.00 e. The van der Waals surface area contributed by atoms with Crippen molar-refractivity contribution in [3.63, 3.8) is 0 Å². The number of halogens is 1. The van der Waals surface area contributed by atoms with Gasteiger partial charge in [0.05, 0.1) is 176 Å². The van der Waals surface area contributed by atoms with E-state index in [2.05, 4.69) is 26.3 Å². The van der Waals surface area contributed by atoms with E-state index in [1.54, 1.807) is 130 Å². The first-order valence-electron chi connectivity index (χ1n) is 46.3. The van der Waals surface area contributed by atoms with Crippen LogP contribution >= 0.6 is 0 Å². The maximum atomic E-state index is 11.9. The van der Waals surface area contributed by atoms with Crippen molar-refractivity contribution in [1.29, 1.82) is 0 Å². The molecule has 790 valence electrons. The van der Waals surface area contributed by atoms with E-state index >= 15 is 0 Å². The van der Waals surface area contributed by atoms with Gasteiger partial charge in [0, 0.05) is 26.1 Å². The van der Waals surface area contributed by atoms with Gasteiger partial charge in [0.1, 0.15) is 39.2 Å². The topological polar surface area (TPSA) is 560 Å². The molecule has 136 heavy (non-hydrogen) atoms. The maximum Gasteiger partial charge on any atom is 2.00 e. The van der Waals surface area contributed by atoms with Crippen LogP contribution in [0.5, 0.6) is 0 Å². The monoisotopic (exact) mass is 2030 g/mol. The summed E-state index contributed by atoms with van der Waals surface area (Å²) in [6.45, 7) is 55.3. The van der Waals surface area contributed by atoms with Crippen molar-refractivity contribution in [3.05, 3.63) is 74.9 Å². The van der Waals surface area contributed by atoms with Gasteiger partial charge in [-0.1, -0.05) is 48.6 Å². The minimum Gasteiger partial charge on any atom is -1.00 e. The van der Waals surface area contributed by atoms with E-state index < -0.39 is 150 Å². The standard InChI is InChI=1S/C13H23NO4.2C11H21NO4.2C11H19NO4.C9H17NO4.C9H15NO2.2C7H14O2.C4H8O2.C2H3.BrH.Mg/c1-6-10(15)8-14(9-11(16)7-2)12(17)18-13(3,4)5;4*1-11(2,3)16-10(15)12-6-8(13)4-5-9(14)7-12;1-9(2,3)14-8(13)10-4-6(11)7(12)5-10;1-9(2,3)12-8(11)10-6-4-5-7-10;2*8-6-2-1-3-7(9)5-4-6;5-4-2-1-3-6-4;1-2;;/h6-7,10-11,15-16H,1-2,8-9H2,3-5H3;2*8-9,13-14H,4-7H2,1-3H3;2*4-5,8-9,13-14H,6-7H2,1-3H3;6-7,11-12H,4-5H2,1-3H3;4-5H,6-7H2,1-3H3;2*6-9H,1-5H2;4-5H,1-3H2;1H,2H2;1H;/q;;;;;;;;;;-1;;+2/p-1/t;8-,9+;8-,9-;8-,9+;8-,9-;6-,7+;;6-,7+;6-,7-;;;;/m..1.1...0..../s1. The molecule has 7 heterocycles. The number of carbonyl (C=O) groups is 7. The quantitative estimate of drug-likeness (QED) is 0.0580. The van der Waals surface area contributed by atoms with Crippen LogP contribution in [-0.4, -0.2) is 428 Å². The van der Waals surface area contributed by atoms with Crippen LogP contribution in [0, 0.1) is 6.58 Å². The molecule has 17 N–H and O–H groups in total. The van der Waals surface area contributed by atoms with Gasteiger partial charge in [-0.2, -0.15) is 0 Å². The molecular formula is C95H174BrMgN7O32. The third-order valence-electron chi connectivity index (χ3n) is 18.9. The number of β-amino-alcohol motifs (C(OH)–C–C–N with tert-alkyl or cyclic N) is 10. The van der Waals surface area contributed by atoms with E-state index in [9.17, 15) is 94.8 Å². The van der Waals surface area contributed by atoms with Gasteiger partial charge in [-0.15, -0.1) is 13.2 Å². The van der Waals surface area contributed by atoms with E-state index in [1.165, 1.54) is 65.9 Å². The van der Waals surface area contributed by atoms with E-state index in [0.717, 1.165) is 83.7 Å². The molecule has 17 atom stereocenters. The average Bonchev–Trinajstić information content (AvgIpc) is 1.71. The smallest absolute Gasteiger partial charge is 1.00 e. The normalized spacial score (nSPS) is 25.5. The zero-order valence-electron chi connectivity index (χ0n) is 85.0. The first kappa shape index (κ1) is 136. The molecule has 0 aromatic carbocycles. The minimum atomic E-state index is -0.866. The molecule has 7 aliphatic heterocycles. The fourth-order valence-corrected chi connectivity index (χ4v) is 12.4. The van der Waals surface area contributed by atoms with Crippen LogP contribution in [-0.2, 0) is 37.9 Å². The van der Waals surface area contributed by atoms with Gasteiger partial charge < -0.3 is 183 Å². The van der Waals surface area contributed by atoms with Gasteiger partial charge in [-0.25, -0.2) is 33.6 Å². The van der Waals surface area contributed by atoms with Crippen molar-refractivity contribution in [1.82, 2.24) is 34.3 Å². The summed E-state index contributed by atoms with van der Waals surface area (Å²) in [6, 6.07) is 0. The summed E-state index contributed by atoms with van der Waals surface area (Å²) in [5, 5.41) is 158. The number of nitrogens with zero attached hydrogens (tertiary/aromatic N) is 7. The second-order valence-electron chi connectivity index (χ2n) is 40.8. The second kappa shape index (κ2) is 68.1. The third kappa shape index (κ3) is 72.2. The van der Waals surface area contributed by atoms with Crippen molar-refractivity contribution < 1.29 is 175 Å². The van der Waals surface area contributed by atoms with E-state index in [1.807, 2.05) is 32.9 Å². The molecule has 0 radical (unpaired) electrons. The summed E-state index contributed by atoms with van der Waals surface area (Å²) in [4.78, 5) is 91.1. The molecule has 2 aliphatic carbocycles. The molecule has 0 aromatic heterocycles. The van der Waals surface area contributed by atoms with Gasteiger partial charge in [0.15, 0.2) is 6.29 Å². The first-order valence-corrected chi connectivity index (χ1v) is 46.3. The molecular weight excluding hydrogens is 1860 g/mol. The Balaban J connectivity index is -0.000000716. The summed E-state index contributed by atoms with van der Waals surface area (Å²) < 4.78 is 40.9. The molecule has 9 rings (SSSR count). The summed E-state index contributed by atoms with van der Waals surface area (Å²) in [5.41, 5.74) is -3.83. The number of amides is 7. The summed E-state index contributed by atoms with van der Waals surface area (Å²) >= 11 is 0. The van der Waals surface area contributed by atoms with E-state index in [-0.39, 0.29) is 155 Å². The van der Waals surface area contributed by atoms with Crippen molar-refractivity contribution in [2.75, 3.05) is 98.2 Å². The van der Waals surface area contributed by atoms with Crippen LogP contribution in [0.1, 0.15) is 248 Å². The van der Waals surface area contributed by atoms with Crippen LogP contribution in [0.15, 0.2) is 68.3 Å². The Bertz CT molecular complexity index is 3120. The fourth-order valence-electron chi connectivity index (χ4n) is 12.4. The summed E-state index contributed by atoms with van der Waals surface area (Å²) in [6.07, 6.45) is 11.8. The van der Waals surface area contributed by atoms with Gasteiger partial charge in [0.25, 0.3) is 0 Å². The number of hydrogen-bond acceptors (Lipinski definition) is 32. The van der Waals surface area contributed by atoms with Crippen molar-refractivity contribution in [2.45, 2.75) is 391 Å². The predicted molar refractivity (Wildman–Crippen MR) is 510 cm³/mol. The van der Waals surface area contributed by atoms with Crippen molar-refractivity contribution in [3.8, 4) is 0 Å². The van der Waals surface area contributed by atoms with Gasteiger partial charge in [-0.05, 0) is 242 Å². The fraction of sp³-hybridized carbons (Fsp3) is 0.800. The van der Waals surface area contributed by atoms with Gasteiger partial charge >= 0.3 is 65.7 Å². The van der Waals surface area contributed by atoms with Crippen LogP contribution in [0.25, 0.3) is 0 Å². The number of aliphatic hydroxyl groups excluding tert-OH is 17. The van der Waals surface area contributed by atoms with Crippen LogP contribution in [0.3, 0.4) is 0 Å². The second-order valence-corrected chi connectivity index (χ2v) is 40.8. The molecule has 41 heteroatoms. The number of ether oxygens (including phenoxy) is 8. The summed E-state index contributed by atoms with van der Waals surface area (Å²) in [5.74, 6) is 0. The Morgan fingerprint density at radius 1 is 0.338 bits per heavy atom. The molecule has 0 aromatic rings. The molecule has 0 spiro atoms. The molecule has 2 saturated carbocycles. The molecule has 7 amide bonds. The SMILES string of the molecule is C=CC(O)CN(CC(O)C=C)C(=O)OC(C)(C)C.CC(C)(C)OC(=O)N1CC=CC1.CC(C)(C)OC(=O)N1C[C@@H](O)[C@@H](O)C1.CC(C)(C)OC(=O)N1C[C@H](O)C=C[C@@H](O)C1.CC(C)(C)OC(=O)N1C[C@H](O)C=C[C@H](O)C1.CC(C)(C)OC(=O)N1C[C@H](O)CC[C@@H](O)C1.CC(C)(C)OC(=O)N1C[C@H](O)CC[C@H](O)C1.OC1CCCO1.O[C@@H]1CCC[C@H](O)CC1.O[C@H]1CCC[C@H](O)CC1.[Br-].[CH-]=C.[Mg+2]. The Morgan fingerprint density at radius 2 is 0.551 bits per heavy atom. The maximum absolute atomic E-state index is 11.9. The first-order chi connectivity index (χ1) is 61.5. The molecule has 6 fully saturated rings. The van der Waals surface area contributed by atoms with E-state index in [0.29, 0.717) is 38.8 Å². The average molecular weight is 2030 g/mol. The van der Waals surface area contributed by atoms with Crippen LogP contribution in [0.2, 0.25) is 0 Å². The van der Waals surface area contributed by atoms with Gasteiger partial charge in [0.2, 0.25) is 0 Å². The Morgan fingerprint density at radius 3 is 0.750 bits per heavy atom. The zero-order chi connectivity index (χ0) is 104. The third-order valence-corrected chi connectivity index (χ3v) is 18.9. The van der Waals surface area contributed by atoms with Crippen LogP contribution < -0.4 is 17.0 Å². The predicted octanol–water partition coefficient (Wildman–Crippen LogP) is 4.27. The van der Waals surface area contributed by atoms with E-state index in [4.69, 9.17) is 63.4 Å². The zero-order valence-corrected chi connectivity index (χ0v) is 88.0. The minimum absolute atomic E-state index is 0. The number of carbonyl (C=O) groups excluding carboxylic acids is 7. The number of rotatable bonds is 6. The number of aliphatic hydroxyl groups is 17. The molecule has 4 saturated heterocycles. The number of likely N-dealkylation sites (tertiary alicyclic amines) is 3. The molecule has 0 bridgehead atoms. The van der Waals surface area contributed by atoms with Gasteiger partial charge in [-0.3, -0.25) is 6.58 Å². The van der Waals surface area contributed by atoms with Crippen molar-refractivity contribution >= 4 is 65.7 Å². The molecule has 3 unspecified atom stereocenters. The molecule has 39 nitrogen and oxygen atoms in total. The Kier molecular flexibility index (Phi) is 68.2. The van der Waals surface area contributed by atoms with Crippen LogP contribution in [0.4, 0.5) is 33.6 Å². The Labute approximate surface area is 835 Å². The number of hydrogen-bond donors (Lipinski definition) is 17. The Hall–Kier alpha value is -6.14. The van der Waals surface area contributed by atoms with Crippen molar-refractivity contribution in [2.24, 2.45) is 0 Å². The molecule has 9 aliphatic rings.